The quantitative estimate of drug-likeness (QED) is 0.660. The molecule has 1 rings (SSSR count). The van der Waals surface area contributed by atoms with Gasteiger partial charge in [0.1, 0.15) is 0 Å². The van der Waals surface area contributed by atoms with E-state index in [0.29, 0.717) is 0 Å². The highest BCUT2D eigenvalue weighted by Crippen LogP contribution is 2.21. The van der Waals surface area contributed by atoms with Crippen molar-refractivity contribution in [3.8, 4) is 0 Å². The van der Waals surface area contributed by atoms with Gasteiger partial charge < -0.3 is 0 Å². The molecule has 0 spiro atoms. The van der Waals surface area contributed by atoms with Crippen molar-refractivity contribution in [2.75, 3.05) is 0 Å². The third-order valence-corrected chi connectivity index (χ3v) is 2.43. The maximum absolute atomic E-state index is 2.16. The van der Waals surface area contributed by atoms with Crippen LogP contribution in [0.15, 0.2) is 30.3 Å². The summed E-state index contributed by atoms with van der Waals surface area (Å²) in [5.74, 6) is 1.10. The van der Waals surface area contributed by atoms with Crippen LogP contribution in [0.1, 0.15) is 19.4 Å². The van der Waals surface area contributed by atoms with Crippen molar-refractivity contribution in [1.82, 2.24) is 0 Å². The Balaban J connectivity index is 2.39. The predicted octanol–water partition coefficient (Wildman–Crippen LogP) is 3.49. The van der Waals surface area contributed by atoms with E-state index < -0.39 is 0 Å². The lowest BCUT2D eigenvalue weighted by molar-refractivity contribution is 1.31. The lowest BCUT2D eigenvalue weighted by atomic mass is 10.2. The molecule has 0 saturated carbocycles. The second kappa shape index (κ2) is 4.45. The average Bonchev–Trinajstić information content (AvgIpc) is 2.03. The second-order valence-electron chi connectivity index (χ2n) is 2.68. The van der Waals surface area contributed by atoms with Crippen molar-refractivity contribution >= 4 is 11.8 Å². The number of rotatable bonds is 3. The molecular formula is C10H13S. The second-order valence-corrected chi connectivity index (χ2v) is 4.08. The van der Waals surface area contributed by atoms with Crippen LogP contribution in [0.4, 0.5) is 0 Å². The van der Waals surface area contributed by atoms with E-state index in [9.17, 15) is 0 Å². The molecule has 0 aliphatic carbocycles. The van der Waals surface area contributed by atoms with Crippen molar-refractivity contribution in [2.24, 2.45) is 0 Å². The van der Waals surface area contributed by atoms with E-state index in [2.05, 4.69) is 44.2 Å². The lowest BCUT2D eigenvalue weighted by Crippen LogP contribution is -1.80. The molecule has 1 radical (unpaired) electrons. The van der Waals surface area contributed by atoms with E-state index in [4.69, 9.17) is 0 Å². The minimum absolute atomic E-state index is 1.10. The average molecular weight is 165 g/mol. The minimum Gasteiger partial charge on any atom is -0.150 e. The van der Waals surface area contributed by atoms with Crippen LogP contribution in [0, 0.1) is 5.25 Å². The van der Waals surface area contributed by atoms with Crippen molar-refractivity contribution in [2.45, 2.75) is 19.6 Å². The minimum atomic E-state index is 1.10. The largest absolute Gasteiger partial charge is 0.150 e. The summed E-state index contributed by atoms with van der Waals surface area (Å²) in [6, 6.07) is 10.5. The molecule has 0 aliphatic heterocycles. The van der Waals surface area contributed by atoms with Gasteiger partial charge in [-0.25, -0.2) is 0 Å². The molecule has 0 bridgehead atoms. The molecule has 0 N–H and O–H groups in total. The summed E-state index contributed by atoms with van der Waals surface area (Å²) in [4.78, 5) is 0. The molecule has 11 heavy (non-hydrogen) atoms. The molecule has 0 saturated heterocycles. The summed E-state index contributed by atoms with van der Waals surface area (Å²) in [5, 5.41) is 1.42. The van der Waals surface area contributed by atoms with E-state index in [-0.39, 0.29) is 0 Å². The van der Waals surface area contributed by atoms with E-state index in [0.717, 1.165) is 5.75 Å². The summed E-state index contributed by atoms with van der Waals surface area (Å²) in [6.45, 7) is 4.29. The van der Waals surface area contributed by atoms with Crippen molar-refractivity contribution in [1.29, 1.82) is 0 Å². The highest BCUT2D eigenvalue weighted by Gasteiger charge is 1.95. The third kappa shape index (κ3) is 3.47. The van der Waals surface area contributed by atoms with Crippen LogP contribution in [0.5, 0.6) is 0 Å². The first kappa shape index (κ1) is 8.66. The van der Waals surface area contributed by atoms with Crippen LogP contribution in [0.2, 0.25) is 0 Å². The molecule has 0 unspecified atom stereocenters. The van der Waals surface area contributed by atoms with Gasteiger partial charge in [-0.05, 0) is 19.4 Å². The molecule has 0 amide bonds. The molecule has 0 aliphatic rings. The molecule has 1 aromatic carbocycles. The number of thioether (sulfide) groups is 1. The fourth-order valence-electron chi connectivity index (χ4n) is 0.802. The van der Waals surface area contributed by atoms with E-state index in [1.807, 2.05) is 11.8 Å². The molecule has 0 fully saturated rings. The summed E-state index contributed by atoms with van der Waals surface area (Å²) < 4.78 is 0. The van der Waals surface area contributed by atoms with Crippen molar-refractivity contribution < 1.29 is 0 Å². The maximum atomic E-state index is 2.16. The van der Waals surface area contributed by atoms with Crippen molar-refractivity contribution in [3.05, 3.63) is 41.1 Å². The van der Waals surface area contributed by atoms with Gasteiger partial charge in [0.25, 0.3) is 0 Å². The molecular weight excluding hydrogens is 152 g/mol. The van der Waals surface area contributed by atoms with Gasteiger partial charge in [0.15, 0.2) is 0 Å². The fraction of sp³-hybridized carbons (Fsp3) is 0.300. The van der Waals surface area contributed by atoms with E-state index in [1.165, 1.54) is 10.8 Å². The third-order valence-electron chi connectivity index (χ3n) is 1.37. The predicted molar refractivity (Wildman–Crippen MR) is 52.3 cm³/mol. The zero-order chi connectivity index (χ0) is 8.10. The van der Waals surface area contributed by atoms with Crippen LogP contribution >= 0.6 is 11.8 Å². The Morgan fingerprint density at radius 1 is 1.18 bits per heavy atom. The Morgan fingerprint density at radius 2 is 1.82 bits per heavy atom. The Bertz CT molecular complexity index is 191. The fourth-order valence-corrected chi connectivity index (χ4v) is 1.45. The normalized spacial score (nSPS) is 10.5. The van der Waals surface area contributed by atoms with Gasteiger partial charge in [-0.2, -0.15) is 0 Å². The first-order valence-corrected chi connectivity index (χ1v) is 4.74. The van der Waals surface area contributed by atoms with Gasteiger partial charge in [-0.3, -0.25) is 0 Å². The molecule has 0 nitrogen and oxygen atoms in total. The standard InChI is InChI=1S/C10H13S/c1-9(2)11-8-10-6-4-3-5-7-10/h3-7H,8H2,1-2H3. The molecule has 0 atom stereocenters. The highest BCUT2D eigenvalue weighted by molar-refractivity contribution is 8.01. The summed E-state index contributed by atoms with van der Waals surface area (Å²) in [7, 11) is 0. The Kier molecular flexibility index (Phi) is 3.50. The first-order chi connectivity index (χ1) is 5.29. The van der Waals surface area contributed by atoms with Gasteiger partial charge in [0, 0.05) is 11.0 Å². The van der Waals surface area contributed by atoms with Gasteiger partial charge in [-0.15, -0.1) is 11.8 Å². The van der Waals surface area contributed by atoms with Crippen LogP contribution in [-0.4, -0.2) is 0 Å². The van der Waals surface area contributed by atoms with Gasteiger partial charge >= 0.3 is 0 Å². The Labute approximate surface area is 73.0 Å². The Morgan fingerprint density at radius 3 is 2.36 bits per heavy atom. The molecule has 59 valence electrons. The van der Waals surface area contributed by atoms with Gasteiger partial charge in [0.2, 0.25) is 0 Å². The van der Waals surface area contributed by atoms with Gasteiger partial charge in [-0.1, -0.05) is 30.3 Å². The van der Waals surface area contributed by atoms with Gasteiger partial charge in [0.05, 0.1) is 0 Å². The Hall–Kier alpha value is -0.430. The molecule has 0 aromatic heterocycles. The molecule has 0 heterocycles. The zero-order valence-corrected chi connectivity index (χ0v) is 7.82. The summed E-state index contributed by atoms with van der Waals surface area (Å²) >= 11 is 1.90. The van der Waals surface area contributed by atoms with Crippen molar-refractivity contribution in [3.63, 3.8) is 0 Å². The van der Waals surface area contributed by atoms with E-state index in [1.54, 1.807) is 0 Å². The number of hydrogen-bond donors (Lipinski definition) is 0. The maximum Gasteiger partial charge on any atom is 0.0248 e. The zero-order valence-electron chi connectivity index (χ0n) is 7.00. The first-order valence-electron chi connectivity index (χ1n) is 3.76. The summed E-state index contributed by atoms with van der Waals surface area (Å²) in [5.41, 5.74) is 1.40. The monoisotopic (exact) mass is 165 g/mol. The number of benzene rings is 1. The van der Waals surface area contributed by atoms with Crippen LogP contribution in [0.25, 0.3) is 0 Å². The smallest absolute Gasteiger partial charge is 0.0248 e. The molecule has 1 aromatic rings. The molecule has 1 heteroatoms. The van der Waals surface area contributed by atoms with Crippen LogP contribution < -0.4 is 0 Å². The van der Waals surface area contributed by atoms with E-state index >= 15 is 0 Å². The topological polar surface area (TPSA) is 0 Å². The highest BCUT2D eigenvalue weighted by atomic mass is 32.2. The SMILES string of the molecule is C[C](C)SCc1ccccc1. The number of hydrogen-bond acceptors (Lipinski definition) is 1. The van der Waals surface area contributed by atoms with Crippen LogP contribution in [-0.2, 0) is 5.75 Å². The van der Waals surface area contributed by atoms with Crippen LogP contribution in [0.3, 0.4) is 0 Å². The summed E-state index contributed by atoms with van der Waals surface area (Å²) in [6.07, 6.45) is 0. The lowest BCUT2D eigenvalue weighted by Gasteiger charge is -2.02.